The normalized spacial score (nSPS) is 12.2. The second kappa shape index (κ2) is 7.57. The molecule has 0 saturated heterocycles. The van der Waals surface area contributed by atoms with Gasteiger partial charge in [-0.15, -0.1) is 0 Å². The van der Waals surface area contributed by atoms with Crippen LogP contribution in [0.2, 0.25) is 0 Å². The van der Waals surface area contributed by atoms with E-state index < -0.39 is 0 Å². The fourth-order valence-corrected chi connectivity index (χ4v) is 2.80. The molecule has 2 aromatic rings. The van der Waals surface area contributed by atoms with Crippen LogP contribution < -0.4 is 10.1 Å². The summed E-state index contributed by atoms with van der Waals surface area (Å²) in [5.41, 5.74) is 1.72. The van der Waals surface area contributed by atoms with Crippen molar-refractivity contribution in [2.75, 3.05) is 13.7 Å². The molecule has 0 aliphatic heterocycles. The van der Waals surface area contributed by atoms with Gasteiger partial charge in [0.1, 0.15) is 11.6 Å². The maximum Gasteiger partial charge on any atom is 0.142 e. The molecular formula is C17H19BrFNO. The zero-order valence-corrected chi connectivity index (χ0v) is 13.8. The lowest BCUT2D eigenvalue weighted by Gasteiger charge is -2.20. The summed E-state index contributed by atoms with van der Waals surface area (Å²) in [5, 5.41) is 3.35. The Bertz CT molecular complexity index is 603. The predicted molar refractivity (Wildman–Crippen MR) is 87.2 cm³/mol. The molecule has 2 rings (SSSR count). The molecule has 0 aliphatic rings. The first kappa shape index (κ1) is 16.0. The van der Waals surface area contributed by atoms with E-state index in [2.05, 4.69) is 21.2 Å². The van der Waals surface area contributed by atoms with E-state index in [-0.39, 0.29) is 11.9 Å². The van der Waals surface area contributed by atoms with E-state index in [9.17, 15) is 4.39 Å². The van der Waals surface area contributed by atoms with Gasteiger partial charge in [-0.3, -0.25) is 0 Å². The smallest absolute Gasteiger partial charge is 0.142 e. The molecule has 0 saturated carbocycles. The number of methoxy groups -OCH3 is 1. The third-order valence-corrected chi connectivity index (χ3v) is 4.04. The lowest BCUT2D eigenvalue weighted by molar-refractivity contribution is 0.404. The number of ether oxygens (including phenoxy) is 1. The number of nitrogens with one attached hydrogen (secondary N) is 1. The highest BCUT2D eigenvalue weighted by molar-refractivity contribution is 9.10. The van der Waals surface area contributed by atoms with E-state index in [1.54, 1.807) is 13.2 Å². The van der Waals surface area contributed by atoms with Gasteiger partial charge in [-0.2, -0.15) is 0 Å². The van der Waals surface area contributed by atoms with Crippen LogP contribution in [0.25, 0.3) is 0 Å². The van der Waals surface area contributed by atoms with Gasteiger partial charge in [0.2, 0.25) is 0 Å². The van der Waals surface area contributed by atoms with Crippen molar-refractivity contribution in [2.24, 2.45) is 0 Å². The molecule has 21 heavy (non-hydrogen) atoms. The first-order valence-corrected chi connectivity index (χ1v) is 7.75. The van der Waals surface area contributed by atoms with Gasteiger partial charge in [-0.1, -0.05) is 37.3 Å². The average Bonchev–Trinajstić information content (AvgIpc) is 2.50. The highest BCUT2D eigenvalue weighted by atomic mass is 79.9. The third-order valence-electron chi connectivity index (χ3n) is 3.42. The Morgan fingerprint density at radius 2 is 1.95 bits per heavy atom. The molecule has 0 amide bonds. The van der Waals surface area contributed by atoms with Crippen molar-refractivity contribution < 1.29 is 9.13 Å². The molecule has 0 heterocycles. The largest absolute Gasteiger partial charge is 0.496 e. The molecule has 1 N–H and O–H groups in total. The summed E-state index contributed by atoms with van der Waals surface area (Å²) in [7, 11) is 1.65. The highest BCUT2D eigenvalue weighted by Gasteiger charge is 2.18. The molecule has 0 radical (unpaired) electrons. The van der Waals surface area contributed by atoms with Crippen LogP contribution in [-0.4, -0.2) is 13.7 Å². The summed E-state index contributed by atoms with van der Waals surface area (Å²) in [6, 6.07) is 13.1. The van der Waals surface area contributed by atoms with Crippen LogP contribution in [0.3, 0.4) is 0 Å². The molecule has 0 spiro atoms. The van der Waals surface area contributed by atoms with E-state index >= 15 is 0 Å². The predicted octanol–water partition coefficient (Wildman–Crippen LogP) is 4.49. The van der Waals surface area contributed by atoms with Crippen LogP contribution in [0.1, 0.15) is 24.1 Å². The van der Waals surface area contributed by atoms with Gasteiger partial charge in [0, 0.05) is 11.6 Å². The summed E-state index contributed by atoms with van der Waals surface area (Å²) in [6.07, 6.45) is 0.672. The van der Waals surface area contributed by atoms with Crippen LogP contribution >= 0.6 is 15.9 Å². The molecule has 2 nitrogen and oxygen atoms in total. The van der Waals surface area contributed by atoms with Crippen LogP contribution in [0.15, 0.2) is 46.9 Å². The summed E-state index contributed by atoms with van der Waals surface area (Å²) < 4.78 is 20.2. The monoisotopic (exact) mass is 351 g/mol. The van der Waals surface area contributed by atoms with Crippen LogP contribution in [-0.2, 0) is 6.42 Å². The van der Waals surface area contributed by atoms with E-state index in [0.717, 1.165) is 17.9 Å². The highest BCUT2D eigenvalue weighted by Crippen LogP contribution is 2.29. The Morgan fingerprint density at radius 3 is 2.67 bits per heavy atom. The number of rotatable bonds is 6. The number of hydrogen-bond acceptors (Lipinski definition) is 2. The second-order valence-electron chi connectivity index (χ2n) is 4.77. The van der Waals surface area contributed by atoms with Gasteiger partial charge in [0.15, 0.2) is 0 Å². The second-order valence-corrected chi connectivity index (χ2v) is 5.62. The molecular weight excluding hydrogens is 333 g/mol. The Balaban J connectivity index is 2.33. The molecule has 0 bridgehead atoms. The minimum absolute atomic E-state index is 0.0937. The lowest BCUT2D eigenvalue weighted by Crippen LogP contribution is -2.24. The number of para-hydroxylation sites is 1. The van der Waals surface area contributed by atoms with E-state index in [0.29, 0.717) is 16.5 Å². The molecule has 112 valence electrons. The van der Waals surface area contributed by atoms with Gasteiger partial charge < -0.3 is 10.1 Å². The van der Waals surface area contributed by atoms with Gasteiger partial charge in [-0.25, -0.2) is 4.39 Å². The summed E-state index contributed by atoms with van der Waals surface area (Å²) in [4.78, 5) is 0. The van der Waals surface area contributed by atoms with E-state index in [1.165, 1.54) is 0 Å². The Morgan fingerprint density at radius 1 is 1.19 bits per heavy atom. The molecule has 1 unspecified atom stereocenters. The third kappa shape index (κ3) is 3.83. The number of hydrogen-bond donors (Lipinski definition) is 1. The Labute approximate surface area is 133 Å². The Hall–Kier alpha value is -1.39. The summed E-state index contributed by atoms with van der Waals surface area (Å²) in [6.45, 7) is 2.79. The maximum absolute atomic E-state index is 14.3. The summed E-state index contributed by atoms with van der Waals surface area (Å²) >= 11 is 3.25. The first-order chi connectivity index (χ1) is 10.2. The zero-order chi connectivity index (χ0) is 15.2. The van der Waals surface area contributed by atoms with Gasteiger partial charge in [0.25, 0.3) is 0 Å². The average molecular weight is 352 g/mol. The minimum Gasteiger partial charge on any atom is -0.496 e. The van der Waals surface area contributed by atoms with Gasteiger partial charge in [0.05, 0.1) is 11.6 Å². The fraction of sp³-hybridized carbons (Fsp3) is 0.294. The molecule has 1 atom stereocenters. The topological polar surface area (TPSA) is 21.3 Å². The Kier molecular flexibility index (Phi) is 5.76. The molecule has 0 fully saturated rings. The minimum atomic E-state index is -0.210. The van der Waals surface area contributed by atoms with Crippen molar-refractivity contribution in [3.8, 4) is 5.75 Å². The standard InChI is InChI=1S/C17H19BrFNO/c1-3-20-15(13-8-6-9-14(18)17(13)19)11-12-7-4-5-10-16(12)21-2/h4-10,15,20H,3,11H2,1-2H3. The number of benzene rings is 2. The van der Waals surface area contributed by atoms with Crippen molar-refractivity contribution in [3.63, 3.8) is 0 Å². The molecule has 0 aromatic heterocycles. The SMILES string of the molecule is CCNC(Cc1ccccc1OC)c1cccc(Br)c1F. The van der Waals surface area contributed by atoms with Gasteiger partial charge in [-0.05, 0) is 46.6 Å². The summed E-state index contributed by atoms with van der Waals surface area (Å²) in [5.74, 6) is 0.620. The van der Waals surface area contributed by atoms with Crippen molar-refractivity contribution >= 4 is 15.9 Å². The fourth-order valence-electron chi connectivity index (χ4n) is 2.42. The number of likely N-dealkylation sites (N-methyl/N-ethyl adjacent to an activating group) is 1. The van der Waals surface area contributed by atoms with Crippen LogP contribution in [0.4, 0.5) is 4.39 Å². The quantitative estimate of drug-likeness (QED) is 0.827. The lowest BCUT2D eigenvalue weighted by atomic mass is 9.97. The van der Waals surface area contributed by atoms with Crippen LogP contribution in [0, 0.1) is 5.82 Å². The number of halogens is 2. The van der Waals surface area contributed by atoms with Crippen molar-refractivity contribution in [2.45, 2.75) is 19.4 Å². The van der Waals surface area contributed by atoms with Crippen molar-refractivity contribution in [1.82, 2.24) is 5.32 Å². The zero-order valence-electron chi connectivity index (χ0n) is 12.2. The van der Waals surface area contributed by atoms with Crippen molar-refractivity contribution in [3.05, 3.63) is 63.9 Å². The first-order valence-electron chi connectivity index (χ1n) is 6.96. The van der Waals surface area contributed by atoms with E-state index in [4.69, 9.17) is 4.74 Å². The van der Waals surface area contributed by atoms with Crippen molar-refractivity contribution in [1.29, 1.82) is 0 Å². The van der Waals surface area contributed by atoms with Crippen LogP contribution in [0.5, 0.6) is 5.75 Å². The maximum atomic E-state index is 14.3. The van der Waals surface area contributed by atoms with Gasteiger partial charge >= 0.3 is 0 Å². The molecule has 2 aromatic carbocycles. The molecule has 4 heteroatoms. The molecule has 0 aliphatic carbocycles. The van der Waals surface area contributed by atoms with E-state index in [1.807, 2.05) is 43.3 Å².